The first-order valence-electron chi connectivity index (χ1n) is 4.27. The highest BCUT2D eigenvalue weighted by Crippen LogP contribution is 2.21. The van der Waals surface area contributed by atoms with Crippen LogP contribution in [0.2, 0.25) is 0 Å². The third-order valence-corrected chi connectivity index (χ3v) is 2.19. The van der Waals surface area contributed by atoms with E-state index >= 15 is 0 Å². The zero-order valence-electron chi connectivity index (χ0n) is 8.32. The van der Waals surface area contributed by atoms with Crippen molar-refractivity contribution in [1.29, 1.82) is 0 Å². The second-order valence-corrected chi connectivity index (χ2v) is 4.73. The average molecular weight is 224 g/mol. The van der Waals surface area contributed by atoms with Gasteiger partial charge in [-0.25, -0.2) is 8.42 Å². The smallest absolute Gasteiger partial charge is 0.229 e. The van der Waals surface area contributed by atoms with Crippen LogP contribution in [0.25, 0.3) is 0 Å². The van der Waals surface area contributed by atoms with E-state index in [1.54, 1.807) is 24.3 Å². The van der Waals surface area contributed by atoms with Crippen LogP contribution in [-0.4, -0.2) is 21.2 Å². The van der Waals surface area contributed by atoms with Crippen LogP contribution in [0.1, 0.15) is 0 Å². The largest absolute Gasteiger partial charge is 0.372 e. The monoisotopic (exact) mass is 224 g/mol. The Hall–Kier alpha value is -1.67. The summed E-state index contributed by atoms with van der Waals surface area (Å²) in [5.74, 6) is 2.42. The molecule has 80 valence electrons. The van der Waals surface area contributed by atoms with Gasteiger partial charge in [0.2, 0.25) is 10.0 Å². The molecule has 0 unspecified atom stereocenters. The maximum atomic E-state index is 11.0. The molecule has 0 bridgehead atoms. The molecule has 4 nitrogen and oxygen atoms in total. The molecule has 0 aliphatic heterocycles. The zero-order chi connectivity index (χ0) is 11.3. The van der Waals surface area contributed by atoms with Crippen LogP contribution in [0.15, 0.2) is 24.3 Å². The molecule has 0 radical (unpaired) electrons. The van der Waals surface area contributed by atoms with Crippen LogP contribution < -0.4 is 10.0 Å². The minimum Gasteiger partial charge on any atom is -0.372 e. The Morgan fingerprint density at radius 1 is 1.33 bits per heavy atom. The summed E-state index contributed by atoms with van der Waals surface area (Å²) in [7, 11) is -3.27. The summed E-state index contributed by atoms with van der Waals surface area (Å²) < 4.78 is 24.5. The Kier molecular flexibility index (Phi) is 3.58. The molecule has 0 amide bonds. The van der Waals surface area contributed by atoms with E-state index in [9.17, 15) is 8.42 Å². The van der Waals surface area contributed by atoms with Crippen LogP contribution in [0, 0.1) is 12.3 Å². The number of para-hydroxylation sites is 2. The van der Waals surface area contributed by atoms with Gasteiger partial charge in [-0.1, -0.05) is 18.1 Å². The molecule has 5 heteroatoms. The zero-order valence-corrected chi connectivity index (χ0v) is 9.14. The van der Waals surface area contributed by atoms with E-state index in [0.717, 1.165) is 6.26 Å². The Balaban J connectivity index is 2.92. The second kappa shape index (κ2) is 4.71. The normalized spacial score (nSPS) is 10.4. The van der Waals surface area contributed by atoms with Gasteiger partial charge in [0, 0.05) is 0 Å². The van der Waals surface area contributed by atoms with Crippen LogP contribution >= 0.6 is 0 Å². The van der Waals surface area contributed by atoms with Crippen molar-refractivity contribution in [1.82, 2.24) is 0 Å². The number of sulfonamides is 1. The Bertz CT molecular complexity index is 474. The highest BCUT2D eigenvalue weighted by Gasteiger charge is 2.05. The fourth-order valence-corrected chi connectivity index (χ4v) is 1.65. The van der Waals surface area contributed by atoms with Crippen molar-refractivity contribution in [3.05, 3.63) is 24.3 Å². The fourth-order valence-electron chi connectivity index (χ4n) is 1.07. The van der Waals surface area contributed by atoms with Crippen LogP contribution in [0.5, 0.6) is 0 Å². The number of hydrogen-bond acceptors (Lipinski definition) is 3. The first-order valence-corrected chi connectivity index (χ1v) is 6.16. The van der Waals surface area contributed by atoms with Crippen molar-refractivity contribution in [2.45, 2.75) is 0 Å². The maximum absolute atomic E-state index is 11.0. The van der Waals surface area contributed by atoms with Gasteiger partial charge in [0.1, 0.15) is 0 Å². The van der Waals surface area contributed by atoms with Gasteiger partial charge < -0.3 is 5.32 Å². The number of terminal acetylenes is 1. The molecule has 0 aliphatic carbocycles. The predicted octanol–water partition coefficient (Wildman–Crippen LogP) is 1.10. The van der Waals surface area contributed by atoms with Gasteiger partial charge in [0.25, 0.3) is 0 Å². The summed E-state index contributed by atoms with van der Waals surface area (Å²) in [5, 5.41) is 2.92. The van der Waals surface area contributed by atoms with E-state index in [4.69, 9.17) is 6.42 Å². The Morgan fingerprint density at radius 2 is 1.93 bits per heavy atom. The molecule has 0 aliphatic rings. The van der Waals surface area contributed by atoms with E-state index in [1.807, 2.05) is 0 Å². The van der Waals surface area contributed by atoms with Crippen molar-refractivity contribution < 1.29 is 8.42 Å². The molecule has 0 fully saturated rings. The number of hydrogen-bond donors (Lipinski definition) is 2. The highest BCUT2D eigenvalue weighted by molar-refractivity contribution is 7.92. The van der Waals surface area contributed by atoms with E-state index in [0.29, 0.717) is 17.9 Å². The van der Waals surface area contributed by atoms with E-state index < -0.39 is 10.0 Å². The first-order chi connectivity index (χ1) is 7.03. The molecule has 0 saturated heterocycles. The number of benzene rings is 1. The molecular weight excluding hydrogens is 212 g/mol. The third-order valence-electron chi connectivity index (χ3n) is 1.60. The lowest BCUT2D eigenvalue weighted by Crippen LogP contribution is -2.11. The molecular formula is C10H12N2O2S. The molecule has 15 heavy (non-hydrogen) atoms. The average Bonchev–Trinajstić information content (AvgIpc) is 2.14. The number of anilines is 2. The van der Waals surface area contributed by atoms with Crippen molar-refractivity contribution in [2.75, 3.05) is 22.8 Å². The first kappa shape index (κ1) is 11.4. The van der Waals surface area contributed by atoms with Gasteiger partial charge in [-0.05, 0) is 12.1 Å². The summed E-state index contributed by atoms with van der Waals surface area (Å²) in [6.07, 6.45) is 6.20. The van der Waals surface area contributed by atoms with Crippen molar-refractivity contribution in [3.63, 3.8) is 0 Å². The maximum Gasteiger partial charge on any atom is 0.229 e. The van der Waals surface area contributed by atoms with Gasteiger partial charge >= 0.3 is 0 Å². The lowest BCUT2D eigenvalue weighted by molar-refractivity contribution is 0.607. The molecule has 0 aromatic heterocycles. The molecule has 0 saturated carbocycles. The van der Waals surface area contributed by atoms with Gasteiger partial charge in [-0.15, -0.1) is 6.42 Å². The minimum atomic E-state index is -3.27. The third kappa shape index (κ3) is 3.92. The minimum absolute atomic E-state index is 0.350. The standard InChI is InChI=1S/C10H12N2O2S/c1-3-8-11-9-6-4-5-7-10(9)12-15(2,13)14/h1,4-7,11-12H,8H2,2H3. The quantitative estimate of drug-likeness (QED) is 0.753. The SMILES string of the molecule is C#CCNc1ccccc1NS(C)(=O)=O. The molecule has 1 aromatic rings. The van der Waals surface area contributed by atoms with E-state index in [2.05, 4.69) is 16.0 Å². The summed E-state index contributed by atoms with van der Waals surface area (Å²) in [6.45, 7) is 0.350. The molecule has 1 rings (SSSR count). The van der Waals surface area contributed by atoms with Crippen LogP contribution in [0.3, 0.4) is 0 Å². The topological polar surface area (TPSA) is 58.2 Å². The molecule has 2 N–H and O–H groups in total. The molecule has 0 spiro atoms. The summed E-state index contributed by atoms with van der Waals surface area (Å²) in [4.78, 5) is 0. The lowest BCUT2D eigenvalue weighted by atomic mass is 10.3. The summed E-state index contributed by atoms with van der Waals surface area (Å²) in [6, 6.07) is 6.96. The Labute approximate surface area is 89.8 Å². The van der Waals surface area contributed by atoms with Gasteiger partial charge in [0.05, 0.1) is 24.2 Å². The van der Waals surface area contributed by atoms with E-state index in [1.165, 1.54) is 0 Å². The van der Waals surface area contributed by atoms with Gasteiger partial charge in [-0.3, -0.25) is 4.72 Å². The second-order valence-electron chi connectivity index (χ2n) is 2.98. The van der Waals surface area contributed by atoms with Crippen LogP contribution in [-0.2, 0) is 10.0 Å². The van der Waals surface area contributed by atoms with Gasteiger partial charge in [-0.2, -0.15) is 0 Å². The lowest BCUT2D eigenvalue weighted by Gasteiger charge is -2.10. The predicted molar refractivity (Wildman–Crippen MR) is 62.2 cm³/mol. The van der Waals surface area contributed by atoms with Gasteiger partial charge in [0.15, 0.2) is 0 Å². The van der Waals surface area contributed by atoms with Crippen molar-refractivity contribution in [3.8, 4) is 12.3 Å². The summed E-state index contributed by atoms with van der Waals surface area (Å²) >= 11 is 0. The van der Waals surface area contributed by atoms with E-state index in [-0.39, 0.29) is 0 Å². The fraction of sp³-hybridized carbons (Fsp3) is 0.200. The Morgan fingerprint density at radius 3 is 2.47 bits per heavy atom. The summed E-state index contributed by atoms with van der Waals surface area (Å²) in [5.41, 5.74) is 1.16. The number of rotatable bonds is 4. The molecule has 0 heterocycles. The molecule has 0 atom stereocenters. The van der Waals surface area contributed by atoms with Crippen molar-refractivity contribution in [2.24, 2.45) is 0 Å². The number of nitrogens with one attached hydrogen (secondary N) is 2. The van der Waals surface area contributed by atoms with Crippen molar-refractivity contribution >= 4 is 21.4 Å². The highest BCUT2D eigenvalue weighted by atomic mass is 32.2. The molecule has 1 aromatic carbocycles. The van der Waals surface area contributed by atoms with Crippen LogP contribution in [0.4, 0.5) is 11.4 Å².